The van der Waals surface area contributed by atoms with Gasteiger partial charge in [-0.2, -0.15) is 5.10 Å². The van der Waals surface area contributed by atoms with E-state index in [0.29, 0.717) is 31.4 Å². The van der Waals surface area contributed by atoms with E-state index in [9.17, 15) is 9.59 Å². The van der Waals surface area contributed by atoms with Crippen molar-refractivity contribution in [2.45, 2.75) is 77.3 Å². The van der Waals surface area contributed by atoms with Gasteiger partial charge in [0.15, 0.2) is 5.82 Å². The molecule has 4 heterocycles. The summed E-state index contributed by atoms with van der Waals surface area (Å²) in [5.74, 6) is 1.04. The Hall–Kier alpha value is -1.77. The first-order valence-electron chi connectivity index (χ1n) is 11.1. The Labute approximate surface area is 180 Å². The lowest BCUT2D eigenvalue weighted by Gasteiger charge is -2.35. The molecule has 1 saturated heterocycles. The van der Waals surface area contributed by atoms with Crippen molar-refractivity contribution in [1.82, 2.24) is 19.2 Å². The fourth-order valence-electron chi connectivity index (χ4n) is 5.24. The van der Waals surface area contributed by atoms with E-state index in [-0.39, 0.29) is 0 Å². The van der Waals surface area contributed by atoms with Crippen molar-refractivity contribution < 1.29 is 4.74 Å². The highest BCUT2D eigenvalue weighted by atomic mass is 32.1. The standard InChI is InChI=1S/C22H30N4O3S/c1-16-7-8-18(30-16)12-24-10-9-22(14-24)15-25-19(13-29-22)23-26(21(28)20(25)27)11-17-5-3-2-4-6-17/h7-8,17H,2-6,9-15H2,1H3/t22-/m1/s1. The molecule has 162 valence electrons. The molecule has 7 nitrogen and oxygen atoms in total. The number of hydrogen-bond acceptors (Lipinski definition) is 6. The van der Waals surface area contributed by atoms with Crippen LogP contribution >= 0.6 is 11.3 Å². The molecule has 1 aliphatic carbocycles. The Kier molecular flexibility index (Phi) is 5.41. The summed E-state index contributed by atoms with van der Waals surface area (Å²) in [5, 5.41) is 4.54. The smallest absolute Gasteiger partial charge is 0.332 e. The van der Waals surface area contributed by atoms with Crippen molar-refractivity contribution in [3.05, 3.63) is 48.4 Å². The molecule has 0 aromatic carbocycles. The topological polar surface area (TPSA) is 69.4 Å². The summed E-state index contributed by atoms with van der Waals surface area (Å²) >= 11 is 1.83. The number of aromatic nitrogens is 3. The number of aryl methyl sites for hydroxylation is 1. The predicted octanol–water partition coefficient (Wildman–Crippen LogP) is 2.53. The fourth-order valence-corrected chi connectivity index (χ4v) is 6.17. The Morgan fingerprint density at radius 2 is 2.00 bits per heavy atom. The highest BCUT2D eigenvalue weighted by molar-refractivity contribution is 7.11. The van der Waals surface area contributed by atoms with Crippen LogP contribution in [-0.2, 0) is 31.0 Å². The van der Waals surface area contributed by atoms with Crippen LogP contribution in [0.15, 0.2) is 21.7 Å². The molecule has 1 saturated carbocycles. The van der Waals surface area contributed by atoms with Crippen molar-refractivity contribution in [3.63, 3.8) is 0 Å². The molecular weight excluding hydrogens is 400 g/mol. The van der Waals surface area contributed by atoms with E-state index >= 15 is 0 Å². The van der Waals surface area contributed by atoms with Gasteiger partial charge in [-0.25, -0.2) is 4.68 Å². The maximum Gasteiger partial charge on any atom is 0.332 e. The first kappa shape index (κ1) is 20.2. The van der Waals surface area contributed by atoms with Crippen LogP contribution < -0.4 is 11.1 Å². The second-order valence-electron chi connectivity index (χ2n) is 9.24. The van der Waals surface area contributed by atoms with Gasteiger partial charge < -0.3 is 4.74 Å². The van der Waals surface area contributed by atoms with Crippen LogP contribution in [0, 0.1) is 12.8 Å². The fraction of sp³-hybridized carbons (Fsp3) is 0.682. The zero-order chi connectivity index (χ0) is 20.7. The molecule has 2 aliphatic heterocycles. The molecule has 8 heteroatoms. The van der Waals surface area contributed by atoms with Gasteiger partial charge in [-0.15, -0.1) is 11.3 Å². The van der Waals surface area contributed by atoms with Crippen molar-refractivity contribution in [2.24, 2.45) is 5.92 Å². The van der Waals surface area contributed by atoms with E-state index in [1.807, 2.05) is 11.3 Å². The van der Waals surface area contributed by atoms with Gasteiger partial charge >= 0.3 is 11.1 Å². The summed E-state index contributed by atoms with van der Waals surface area (Å²) in [5.41, 5.74) is -1.32. The molecule has 1 spiro atoms. The second kappa shape index (κ2) is 8.05. The third kappa shape index (κ3) is 3.92. The first-order chi connectivity index (χ1) is 14.5. The summed E-state index contributed by atoms with van der Waals surface area (Å²) < 4.78 is 9.28. The van der Waals surface area contributed by atoms with Crippen molar-refractivity contribution >= 4 is 11.3 Å². The summed E-state index contributed by atoms with van der Waals surface area (Å²) in [7, 11) is 0. The van der Waals surface area contributed by atoms with Crippen LogP contribution in [0.25, 0.3) is 0 Å². The van der Waals surface area contributed by atoms with Crippen molar-refractivity contribution in [2.75, 3.05) is 13.1 Å². The molecule has 30 heavy (non-hydrogen) atoms. The number of fused-ring (bicyclic) bond motifs is 1. The van der Waals surface area contributed by atoms with Crippen molar-refractivity contribution in [3.8, 4) is 0 Å². The van der Waals surface area contributed by atoms with Gasteiger partial charge in [0.05, 0.1) is 6.54 Å². The summed E-state index contributed by atoms with van der Waals surface area (Å²) in [6.07, 6.45) is 6.78. The van der Waals surface area contributed by atoms with Gasteiger partial charge in [-0.1, -0.05) is 19.3 Å². The lowest BCUT2D eigenvalue weighted by Crippen LogP contribution is -2.53. The third-order valence-corrected chi connectivity index (χ3v) is 7.88. The number of nitrogens with zero attached hydrogens (tertiary/aromatic N) is 4. The molecule has 0 bridgehead atoms. The van der Waals surface area contributed by atoms with Crippen LogP contribution in [0.4, 0.5) is 0 Å². The number of hydrogen-bond donors (Lipinski definition) is 0. The SMILES string of the molecule is Cc1ccc(CN2CC[C@@]3(C2)Cn2c(nn(CC4CCCCC4)c(=O)c2=O)CO3)s1. The maximum absolute atomic E-state index is 12.9. The first-order valence-corrected chi connectivity index (χ1v) is 12.0. The monoisotopic (exact) mass is 430 g/mol. The minimum absolute atomic E-state index is 0.298. The average molecular weight is 431 g/mol. The van der Waals surface area contributed by atoms with Gasteiger partial charge in [-0.05, 0) is 44.2 Å². The van der Waals surface area contributed by atoms with Crippen LogP contribution in [0.2, 0.25) is 0 Å². The Morgan fingerprint density at radius 1 is 1.17 bits per heavy atom. The molecule has 2 aromatic heterocycles. The van der Waals surface area contributed by atoms with E-state index in [0.717, 1.165) is 38.9 Å². The number of thiophene rings is 1. The van der Waals surface area contributed by atoms with Gasteiger partial charge in [0.1, 0.15) is 12.2 Å². The number of ether oxygens (including phenoxy) is 1. The van der Waals surface area contributed by atoms with E-state index in [1.54, 1.807) is 4.57 Å². The minimum atomic E-state index is -0.481. The molecular formula is C22H30N4O3S. The van der Waals surface area contributed by atoms with Gasteiger partial charge in [0, 0.05) is 35.9 Å². The van der Waals surface area contributed by atoms with Crippen molar-refractivity contribution in [1.29, 1.82) is 0 Å². The van der Waals surface area contributed by atoms with Gasteiger partial charge in [0.25, 0.3) is 0 Å². The Morgan fingerprint density at radius 3 is 2.77 bits per heavy atom. The minimum Gasteiger partial charge on any atom is -0.364 e. The third-order valence-electron chi connectivity index (χ3n) is 6.89. The highest BCUT2D eigenvalue weighted by Gasteiger charge is 2.43. The molecule has 2 aromatic rings. The molecule has 0 amide bonds. The van der Waals surface area contributed by atoms with Crippen LogP contribution in [0.1, 0.15) is 54.1 Å². The molecule has 0 radical (unpaired) electrons. The summed E-state index contributed by atoms with van der Waals surface area (Å²) in [4.78, 5) is 30.7. The maximum atomic E-state index is 12.9. The average Bonchev–Trinajstić information content (AvgIpc) is 3.33. The quantitative estimate of drug-likeness (QED) is 0.697. The molecule has 0 N–H and O–H groups in total. The van der Waals surface area contributed by atoms with Crippen LogP contribution in [0.3, 0.4) is 0 Å². The van der Waals surface area contributed by atoms with Crippen LogP contribution in [0.5, 0.6) is 0 Å². The number of rotatable bonds is 4. The summed E-state index contributed by atoms with van der Waals surface area (Å²) in [6.45, 7) is 6.03. The Bertz CT molecular complexity index is 1040. The number of likely N-dealkylation sites (tertiary alicyclic amines) is 1. The Balaban J connectivity index is 1.32. The second-order valence-corrected chi connectivity index (χ2v) is 10.6. The van der Waals surface area contributed by atoms with E-state index in [1.165, 1.54) is 33.7 Å². The van der Waals surface area contributed by atoms with E-state index < -0.39 is 16.7 Å². The predicted molar refractivity (Wildman–Crippen MR) is 116 cm³/mol. The normalized spacial score (nSPS) is 25.1. The van der Waals surface area contributed by atoms with Gasteiger partial charge in [0.2, 0.25) is 0 Å². The zero-order valence-electron chi connectivity index (χ0n) is 17.6. The largest absolute Gasteiger partial charge is 0.364 e. The molecule has 3 aliphatic rings. The molecule has 0 unspecified atom stereocenters. The highest BCUT2D eigenvalue weighted by Crippen LogP contribution is 2.32. The van der Waals surface area contributed by atoms with Crippen LogP contribution in [-0.4, -0.2) is 37.9 Å². The molecule has 5 rings (SSSR count). The molecule has 2 fully saturated rings. The lowest BCUT2D eigenvalue weighted by atomic mass is 9.89. The zero-order valence-corrected chi connectivity index (χ0v) is 18.5. The lowest BCUT2D eigenvalue weighted by molar-refractivity contribution is -0.0859. The van der Waals surface area contributed by atoms with E-state index in [4.69, 9.17) is 4.74 Å². The van der Waals surface area contributed by atoms with Gasteiger partial charge in [-0.3, -0.25) is 19.1 Å². The molecule has 1 atom stereocenters. The van der Waals surface area contributed by atoms with E-state index in [2.05, 4.69) is 29.1 Å². The summed E-state index contributed by atoms with van der Waals surface area (Å²) in [6, 6.07) is 4.34.